The Kier molecular flexibility index (Phi) is 3.97. The second-order valence-corrected chi connectivity index (χ2v) is 5.48. The highest BCUT2D eigenvalue weighted by molar-refractivity contribution is 5.66. The van der Waals surface area contributed by atoms with Crippen LogP contribution in [0.4, 0.5) is 13.6 Å². The summed E-state index contributed by atoms with van der Waals surface area (Å²) < 4.78 is 27.7. The summed E-state index contributed by atoms with van der Waals surface area (Å²) in [6.45, 7) is 2.29. The van der Waals surface area contributed by atoms with Gasteiger partial charge in [0.1, 0.15) is 5.69 Å². The summed E-state index contributed by atoms with van der Waals surface area (Å²) in [5.74, 6) is 0. The molecule has 1 atom stereocenters. The van der Waals surface area contributed by atoms with Crippen molar-refractivity contribution >= 4 is 6.09 Å². The van der Waals surface area contributed by atoms with E-state index in [0.717, 1.165) is 5.69 Å². The third-order valence-electron chi connectivity index (χ3n) is 4.18. The zero-order chi connectivity index (χ0) is 16.6. The fourth-order valence-electron chi connectivity index (χ4n) is 2.94. The van der Waals surface area contributed by atoms with Crippen LogP contribution >= 0.6 is 0 Å². The normalized spacial score (nSPS) is 17.4. The van der Waals surface area contributed by atoms with Crippen molar-refractivity contribution in [3.05, 3.63) is 46.8 Å². The third-order valence-corrected chi connectivity index (χ3v) is 4.18. The summed E-state index contributed by atoms with van der Waals surface area (Å²) in [5, 5.41) is 17.3. The molecule has 0 saturated heterocycles. The minimum Gasteiger partial charge on any atom is -0.465 e. The SMILES string of the molecule is CC1c2nnn(Cc3ccccc3C(F)F)c2CCN1C(=O)O. The monoisotopic (exact) mass is 322 g/mol. The van der Waals surface area contributed by atoms with E-state index >= 15 is 0 Å². The van der Waals surface area contributed by atoms with Crippen molar-refractivity contribution < 1.29 is 18.7 Å². The first kappa shape index (κ1) is 15.4. The molecule has 0 fully saturated rings. The Morgan fingerprint density at radius 2 is 2.17 bits per heavy atom. The molecule has 0 spiro atoms. The van der Waals surface area contributed by atoms with E-state index in [1.807, 2.05) is 0 Å². The molecule has 122 valence electrons. The molecule has 1 aliphatic heterocycles. The summed E-state index contributed by atoms with van der Waals surface area (Å²) in [4.78, 5) is 12.5. The number of halogens is 2. The lowest BCUT2D eigenvalue weighted by atomic mass is 10.0. The highest BCUT2D eigenvalue weighted by Crippen LogP contribution is 2.29. The Morgan fingerprint density at radius 3 is 2.87 bits per heavy atom. The van der Waals surface area contributed by atoms with Crippen LogP contribution < -0.4 is 0 Å². The minimum absolute atomic E-state index is 0.0206. The summed E-state index contributed by atoms with van der Waals surface area (Å²) in [6, 6.07) is 5.94. The van der Waals surface area contributed by atoms with E-state index in [0.29, 0.717) is 24.2 Å². The van der Waals surface area contributed by atoms with Crippen LogP contribution in [0.2, 0.25) is 0 Å². The van der Waals surface area contributed by atoms with Crippen LogP contribution in [0.15, 0.2) is 24.3 Å². The molecule has 1 unspecified atom stereocenters. The van der Waals surface area contributed by atoms with Gasteiger partial charge in [-0.05, 0) is 12.5 Å². The summed E-state index contributed by atoms with van der Waals surface area (Å²) in [6.07, 6.45) is -3.08. The van der Waals surface area contributed by atoms with E-state index in [1.165, 1.54) is 11.0 Å². The van der Waals surface area contributed by atoms with Gasteiger partial charge in [-0.25, -0.2) is 18.3 Å². The average Bonchev–Trinajstić information content (AvgIpc) is 2.91. The first-order chi connectivity index (χ1) is 11.0. The Balaban J connectivity index is 1.90. The molecule has 0 saturated carbocycles. The lowest BCUT2D eigenvalue weighted by molar-refractivity contribution is 0.123. The van der Waals surface area contributed by atoms with Crippen molar-refractivity contribution in [3.63, 3.8) is 0 Å². The summed E-state index contributed by atoms with van der Waals surface area (Å²) in [5.41, 5.74) is 1.86. The Hall–Kier alpha value is -2.51. The standard InChI is InChI=1S/C15H16F2N4O2/c1-9-13-12(6-7-20(9)15(22)23)21(19-18-13)8-10-4-2-3-5-11(10)14(16)17/h2-5,9,14H,6-8H2,1H3,(H,22,23). The van der Waals surface area contributed by atoms with E-state index in [-0.39, 0.29) is 12.1 Å². The van der Waals surface area contributed by atoms with Crippen molar-refractivity contribution in [1.82, 2.24) is 19.9 Å². The fraction of sp³-hybridized carbons (Fsp3) is 0.400. The van der Waals surface area contributed by atoms with Gasteiger partial charge in [-0.2, -0.15) is 0 Å². The number of amides is 1. The predicted octanol–water partition coefficient (Wildman–Crippen LogP) is 2.86. The molecule has 1 N–H and O–H groups in total. The second-order valence-electron chi connectivity index (χ2n) is 5.48. The topological polar surface area (TPSA) is 71.2 Å². The number of carboxylic acid groups (broad SMARTS) is 1. The molecular formula is C15H16F2N4O2. The first-order valence-electron chi connectivity index (χ1n) is 7.26. The fourth-order valence-corrected chi connectivity index (χ4v) is 2.94. The van der Waals surface area contributed by atoms with Crippen molar-refractivity contribution in [3.8, 4) is 0 Å². The number of aromatic nitrogens is 3. The lowest BCUT2D eigenvalue weighted by Gasteiger charge is -2.30. The minimum atomic E-state index is -2.55. The van der Waals surface area contributed by atoms with Crippen LogP contribution in [0, 0.1) is 0 Å². The molecule has 1 aliphatic rings. The maximum Gasteiger partial charge on any atom is 0.407 e. The Bertz CT molecular complexity index is 732. The second kappa shape index (κ2) is 5.94. The average molecular weight is 322 g/mol. The lowest BCUT2D eigenvalue weighted by Crippen LogP contribution is -2.38. The zero-order valence-electron chi connectivity index (χ0n) is 12.5. The van der Waals surface area contributed by atoms with Crippen LogP contribution in [-0.4, -0.2) is 37.6 Å². The van der Waals surface area contributed by atoms with E-state index in [4.69, 9.17) is 5.11 Å². The van der Waals surface area contributed by atoms with E-state index < -0.39 is 18.6 Å². The van der Waals surface area contributed by atoms with Gasteiger partial charge in [0, 0.05) is 18.5 Å². The van der Waals surface area contributed by atoms with Gasteiger partial charge in [-0.1, -0.05) is 29.5 Å². The largest absolute Gasteiger partial charge is 0.465 e. The van der Waals surface area contributed by atoms with Gasteiger partial charge in [0.25, 0.3) is 6.43 Å². The molecule has 3 rings (SSSR count). The van der Waals surface area contributed by atoms with E-state index in [2.05, 4.69) is 10.3 Å². The Morgan fingerprint density at radius 1 is 1.43 bits per heavy atom. The van der Waals surface area contributed by atoms with Crippen molar-refractivity contribution in [2.75, 3.05) is 6.54 Å². The zero-order valence-corrected chi connectivity index (χ0v) is 12.5. The van der Waals surface area contributed by atoms with E-state index in [9.17, 15) is 13.6 Å². The van der Waals surface area contributed by atoms with Crippen LogP contribution in [0.5, 0.6) is 0 Å². The van der Waals surface area contributed by atoms with Gasteiger partial charge < -0.3 is 5.11 Å². The van der Waals surface area contributed by atoms with Crippen LogP contribution in [0.25, 0.3) is 0 Å². The molecule has 0 bridgehead atoms. The van der Waals surface area contributed by atoms with Crippen LogP contribution in [0.3, 0.4) is 0 Å². The third kappa shape index (κ3) is 2.76. The maximum atomic E-state index is 13.1. The van der Waals surface area contributed by atoms with Gasteiger partial charge in [-0.3, -0.25) is 4.90 Å². The number of fused-ring (bicyclic) bond motifs is 1. The smallest absolute Gasteiger partial charge is 0.407 e. The molecule has 1 aromatic carbocycles. The number of hydrogen-bond donors (Lipinski definition) is 1. The molecule has 0 radical (unpaired) electrons. The van der Waals surface area contributed by atoms with Crippen molar-refractivity contribution in [1.29, 1.82) is 0 Å². The quantitative estimate of drug-likeness (QED) is 0.943. The number of carbonyl (C=O) groups is 1. The molecule has 23 heavy (non-hydrogen) atoms. The van der Waals surface area contributed by atoms with Gasteiger partial charge in [0.15, 0.2) is 0 Å². The molecule has 8 heteroatoms. The molecule has 2 heterocycles. The maximum absolute atomic E-state index is 13.1. The van der Waals surface area contributed by atoms with Gasteiger partial charge in [0.05, 0.1) is 18.3 Å². The number of benzene rings is 1. The molecular weight excluding hydrogens is 306 g/mol. The van der Waals surface area contributed by atoms with Crippen molar-refractivity contribution in [2.45, 2.75) is 32.4 Å². The highest BCUT2D eigenvalue weighted by Gasteiger charge is 2.31. The number of hydrogen-bond acceptors (Lipinski definition) is 3. The molecule has 2 aromatic rings. The summed E-state index contributed by atoms with van der Waals surface area (Å²) in [7, 11) is 0. The van der Waals surface area contributed by atoms with Gasteiger partial charge >= 0.3 is 6.09 Å². The predicted molar refractivity (Wildman–Crippen MR) is 77.4 cm³/mol. The van der Waals surface area contributed by atoms with Crippen molar-refractivity contribution in [2.24, 2.45) is 0 Å². The van der Waals surface area contributed by atoms with Gasteiger partial charge in [0.2, 0.25) is 0 Å². The molecule has 6 nitrogen and oxygen atoms in total. The van der Waals surface area contributed by atoms with Gasteiger partial charge in [-0.15, -0.1) is 5.10 Å². The number of alkyl halides is 2. The molecule has 1 aromatic heterocycles. The number of rotatable bonds is 3. The van der Waals surface area contributed by atoms with E-state index in [1.54, 1.807) is 29.8 Å². The van der Waals surface area contributed by atoms with Crippen LogP contribution in [0.1, 0.15) is 41.9 Å². The molecule has 0 aliphatic carbocycles. The summed E-state index contributed by atoms with van der Waals surface area (Å²) >= 11 is 0. The highest BCUT2D eigenvalue weighted by atomic mass is 19.3. The number of nitrogens with zero attached hydrogens (tertiary/aromatic N) is 4. The van der Waals surface area contributed by atoms with Crippen LogP contribution in [-0.2, 0) is 13.0 Å². The molecule has 1 amide bonds. The Labute approximate surface area is 131 Å². The first-order valence-corrected chi connectivity index (χ1v) is 7.26.